The lowest BCUT2D eigenvalue weighted by Crippen LogP contribution is -2.28. The molecule has 9 aromatic carbocycles. The van der Waals surface area contributed by atoms with Gasteiger partial charge in [-0.05, 0) is 79.9 Å². The van der Waals surface area contributed by atoms with Gasteiger partial charge in [-0.2, -0.15) is 0 Å². The Bertz CT molecular complexity index is 3390. The Hall–Kier alpha value is -7.79. The van der Waals surface area contributed by atoms with Crippen molar-refractivity contribution >= 4 is 31.5 Å². The van der Waals surface area contributed by atoms with Crippen molar-refractivity contribution < 1.29 is 0 Å². The van der Waals surface area contributed by atoms with E-state index >= 15 is 0 Å². The van der Waals surface area contributed by atoms with Crippen LogP contribution in [0, 0.1) is 0 Å². The summed E-state index contributed by atoms with van der Waals surface area (Å²) in [4.78, 5) is 15.7. The molecule has 0 saturated carbocycles. The second kappa shape index (κ2) is 14.7. The van der Waals surface area contributed by atoms with Crippen LogP contribution in [-0.2, 0) is 5.41 Å². The first-order chi connectivity index (χ1) is 30.7. The van der Waals surface area contributed by atoms with Crippen LogP contribution in [0.25, 0.3) is 87.7 Å². The van der Waals surface area contributed by atoms with Gasteiger partial charge in [0.25, 0.3) is 0 Å². The highest BCUT2D eigenvalue weighted by molar-refractivity contribution is 7.25. The molecular weight excluding hydrogens is 771 g/mol. The summed E-state index contributed by atoms with van der Waals surface area (Å²) in [7, 11) is 0. The van der Waals surface area contributed by atoms with E-state index in [2.05, 4.69) is 218 Å². The predicted octanol–water partition coefficient (Wildman–Crippen LogP) is 14.9. The van der Waals surface area contributed by atoms with Gasteiger partial charge >= 0.3 is 0 Å². The van der Waals surface area contributed by atoms with Gasteiger partial charge in [0, 0.05) is 36.9 Å². The zero-order valence-electron chi connectivity index (χ0n) is 33.6. The first-order valence-electron chi connectivity index (χ1n) is 21.0. The molecule has 290 valence electrons. The molecule has 0 amide bonds. The van der Waals surface area contributed by atoms with Crippen LogP contribution in [0.4, 0.5) is 0 Å². The average molecular weight is 808 g/mol. The van der Waals surface area contributed by atoms with Crippen LogP contribution in [-0.4, -0.2) is 15.0 Å². The number of hydrogen-bond donors (Lipinski definition) is 0. The SMILES string of the molecule is c1ccc(-c2ccc(-c3nc(-c4ccc(-c5ccc6sc7ccccc7c6c5)cc4)nc(-c4ccc5c(c4)C(c4ccccc4)(c4ccccc4)c4ccccc4-5)n3)cc2)cc1. The summed E-state index contributed by atoms with van der Waals surface area (Å²) < 4.78 is 2.61. The van der Waals surface area contributed by atoms with Gasteiger partial charge in [-0.3, -0.25) is 0 Å². The van der Waals surface area contributed by atoms with E-state index in [1.807, 2.05) is 17.4 Å². The molecule has 0 radical (unpaired) electrons. The number of nitrogens with zero attached hydrogens (tertiary/aromatic N) is 3. The summed E-state index contributed by atoms with van der Waals surface area (Å²) >= 11 is 1.84. The van der Waals surface area contributed by atoms with E-state index < -0.39 is 5.41 Å². The molecule has 11 aromatic rings. The van der Waals surface area contributed by atoms with Crippen molar-refractivity contribution in [1.29, 1.82) is 0 Å². The molecule has 12 rings (SSSR count). The van der Waals surface area contributed by atoms with Gasteiger partial charge in [0.1, 0.15) is 0 Å². The van der Waals surface area contributed by atoms with Crippen LogP contribution < -0.4 is 0 Å². The quantitative estimate of drug-likeness (QED) is 0.161. The van der Waals surface area contributed by atoms with E-state index in [-0.39, 0.29) is 0 Å². The minimum atomic E-state index is -0.537. The molecule has 0 fully saturated rings. The van der Waals surface area contributed by atoms with Crippen LogP contribution in [0.15, 0.2) is 224 Å². The number of rotatable bonds is 7. The third kappa shape index (κ3) is 5.91. The van der Waals surface area contributed by atoms with Gasteiger partial charge in [-0.1, -0.05) is 200 Å². The molecule has 0 saturated heterocycles. The van der Waals surface area contributed by atoms with E-state index in [0.29, 0.717) is 17.5 Å². The zero-order valence-corrected chi connectivity index (χ0v) is 34.4. The molecule has 2 aromatic heterocycles. The molecule has 0 bridgehead atoms. The summed E-state index contributed by atoms with van der Waals surface area (Å²) in [5, 5.41) is 2.59. The Morgan fingerprint density at radius 2 is 0.742 bits per heavy atom. The number of thiophene rings is 1. The van der Waals surface area contributed by atoms with E-state index in [4.69, 9.17) is 15.0 Å². The highest BCUT2D eigenvalue weighted by Gasteiger charge is 2.46. The van der Waals surface area contributed by atoms with Crippen molar-refractivity contribution in [2.75, 3.05) is 0 Å². The fourth-order valence-corrected chi connectivity index (χ4v) is 10.6. The van der Waals surface area contributed by atoms with Gasteiger partial charge in [-0.15, -0.1) is 11.3 Å². The third-order valence-electron chi connectivity index (χ3n) is 12.5. The van der Waals surface area contributed by atoms with E-state index in [1.54, 1.807) is 0 Å². The van der Waals surface area contributed by atoms with E-state index in [9.17, 15) is 0 Å². The Balaban J connectivity index is 1.01. The first kappa shape index (κ1) is 36.1. The number of fused-ring (bicyclic) bond motifs is 6. The Morgan fingerprint density at radius 1 is 0.290 bits per heavy atom. The fraction of sp³-hybridized carbons (Fsp3) is 0.0172. The molecule has 62 heavy (non-hydrogen) atoms. The molecule has 1 aliphatic carbocycles. The van der Waals surface area contributed by atoms with Gasteiger partial charge in [-0.25, -0.2) is 15.0 Å². The maximum Gasteiger partial charge on any atom is 0.164 e. The zero-order chi connectivity index (χ0) is 41.0. The van der Waals surface area contributed by atoms with Crippen molar-refractivity contribution in [2.24, 2.45) is 0 Å². The molecule has 3 nitrogen and oxygen atoms in total. The van der Waals surface area contributed by atoms with Gasteiger partial charge in [0.15, 0.2) is 17.5 Å². The van der Waals surface area contributed by atoms with Crippen LogP contribution in [0.1, 0.15) is 22.3 Å². The normalized spacial score (nSPS) is 12.6. The molecule has 0 N–H and O–H groups in total. The minimum Gasteiger partial charge on any atom is -0.208 e. The van der Waals surface area contributed by atoms with Gasteiger partial charge in [0.05, 0.1) is 5.41 Å². The number of hydrogen-bond acceptors (Lipinski definition) is 4. The van der Waals surface area contributed by atoms with Crippen LogP contribution in [0.3, 0.4) is 0 Å². The second-order valence-corrected chi connectivity index (χ2v) is 17.0. The smallest absolute Gasteiger partial charge is 0.164 e. The molecule has 4 heteroatoms. The predicted molar refractivity (Wildman–Crippen MR) is 257 cm³/mol. The minimum absolute atomic E-state index is 0.537. The Morgan fingerprint density at radius 3 is 1.40 bits per heavy atom. The topological polar surface area (TPSA) is 38.7 Å². The largest absolute Gasteiger partial charge is 0.208 e. The highest BCUT2D eigenvalue weighted by atomic mass is 32.1. The summed E-state index contributed by atoms with van der Waals surface area (Å²) in [5.74, 6) is 1.89. The maximum atomic E-state index is 5.28. The Kier molecular flexibility index (Phi) is 8.58. The lowest BCUT2D eigenvalue weighted by atomic mass is 9.67. The van der Waals surface area contributed by atoms with Crippen LogP contribution >= 0.6 is 11.3 Å². The van der Waals surface area contributed by atoms with Crippen LogP contribution in [0.5, 0.6) is 0 Å². The molecule has 0 atom stereocenters. The summed E-state index contributed by atoms with van der Waals surface area (Å²) in [6, 6.07) is 80.5. The lowest BCUT2D eigenvalue weighted by molar-refractivity contribution is 0.768. The van der Waals surface area contributed by atoms with Crippen molar-refractivity contribution in [1.82, 2.24) is 15.0 Å². The fourth-order valence-electron chi connectivity index (χ4n) is 9.51. The summed E-state index contributed by atoms with van der Waals surface area (Å²) in [6.07, 6.45) is 0. The first-order valence-corrected chi connectivity index (χ1v) is 21.8. The Labute approximate surface area is 364 Å². The molecule has 0 aliphatic heterocycles. The van der Waals surface area contributed by atoms with E-state index in [0.717, 1.165) is 27.8 Å². The molecule has 1 aliphatic rings. The van der Waals surface area contributed by atoms with E-state index in [1.165, 1.54) is 64.7 Å². The molecule has 0 unspecified atom stereocenters. The van der Waals surface area contributed by atoms with Crippen molar-refractivity contribution in [3.63, 3.8) is 0 Å². The third-order valence-corrected chi connectivity index (χ3v) is 13.6. The standard InChI is InChI=1S/C58H37N3S/c1-4-14-38(15-5-1)39-24-28-41(29-25-39)55-59-56(42-30-26-40(27-31-42)43-33-35-54-50(36-43)49-21-11-13-23-53(49)62-54)61-57(60-55)44-32-34-48-47-20-10-12-22-51(47)58(52(48)37-44,45-16-6-2-7-17-45)46-18-8-3-9-19-46/h1-37H. The molecule has 2 heterocycles. The van der Waals surface area contributed by atoms with Crippen LogP contribution in [0.2, 0.25) is 0 Å². The highest BCUT2D eigenvalue weighted by Crippen LogP contribution is 2.56. The lowest BCUT2D eigenvalue weighted by Gasteiger charge is -2.34. The average Bonchev–Trinajstić information content (AvgIpc) is 3.88. The summed E-state index contributed by atoms with van der Waals surface area (Å²) in [6.45, 7) is 0. The number of benzene rings is 9. The summed E-state index contributed by atoms with van der Waals surface area (Å²) in [5.41, 5.74) is 14.3. The monoisotopic (exact) mass is 807 g/mol. The molecule has 0 spiro atoms. The number of aromatic nitrogens is 3. The molecular formula is C58H37N3S. The van der Waals surface area contributed by atoms with Crippen molar-refractivity contribution in [2.45, 2.75) is 5.41 Å². The maximum absolute atomic E-state index is 5.28. The van der Waals surface area contributed by atoms with Gasteiger partial charge < -0.3 is 0 Å². The van der Waals surface area contributed by atoms with Gasteiger partial charge in [0.2, 0.25) is 0 Å². The van der Waals surface area contributed by atoms with Crippen molar-refractivity contribution in [3.05, 3.63) is 247 Å². The van der Waals surface area contributed by atoms with Crippen molar-refractivity contribution in [3.8, 4) is 67.5 Å². The second-order valence-electron chi connectivity index (χ2n) is 15.9.